The van der Waals surface area contributed by atoms with E-state index < -0.39 is 26.6 Å². The highest BCUT2D eigenvalue weighted by molar-refractivity contribution is 7.89. The highest BCUT2D eigenvalue weighted by Crippen LogP contribution is 2.24. The molecule has 138 valence electrons. The first-order valence-corrected chi connectivity index (χ1v) is 9.68. The number of amides is 1. The van der Waals surface area contributed by atoms with Gasteiger partial charge in [0.15, 0.2) is 0 Å². The zero-order valence-corrected chi connectivity index (χ0v) is 14.7. The molecule has 8 heteroatoms. The van der Waals surface area contributed by atoms with E-state index in [1.807, 2.05) is 0 Å². The van der Waals surface area contributed by atoms with Gasteiger partial charge in [-0.05, 0) is 55.2 Å². The van der Waals surface area contributed by atoms with Gasteiger partial charge in [0.25, 0.3) is 5.91 Å². The quantitative estimate of drug-likeness (QED) is 0.774. The van der Waals surface area contributed by atoms with Crippen molar-refractivity contribution in [2.75, 3.05) is 6.54 Å². The molecular weight excluding hydrogens is 362 g/mol. The van der Waals surface area contributed by atoms with Gasteiger partial charge in [-0.15, -0.1) is 0 Å². The molecule has 1 amide bonds. The van der Waals surface area contributed by atoms with Crippen LogP contribution in [0.15, 0.2) is 47.4 Å². The molecule has 1 aliphatic carbocycles. The summed E-state index contributed by atoms with van der Waals surface area (Å²) in [6, 6.07) is 9.07. The van der Waals surface area contributed by atoms with Crippen molar-refractivity contribution < 1.29 is 22.0 Å². The number of nitrogens with one attached hydrogen (secondary N) is 2. The van der Waals surface area contributed by atoms with E-state index in [0.29, 0.717) is 6.42 Å². The van der Waals surface area contributed by atoms with Crippen LogP contribution in [0.3, 0.4) is 0 Å². The van der Waals surface area contributed by atoms with E-state index >= 15 is 0 Å². The summed E-state index contributed by atoms with van der Waals surface area (Å²) in [5.41, 5.74) is 0.767. The van der Waals surface area contributed by atoms with Crippen molar-refractivity contribution in [1.29, 1.82) is 0 Å². The van der Waals surface area contributed by atoms with Crippen LogP contribution < -0.4 is 10.0 Å². The lowest BCUT2D eigenvalue weighted by molar-refractivity contribution is 0.0954. The summed E-state index contributed by atoms with van der Waals surface area (Å²) in [4.78, 5) is 11.7. The first-order valence-electron chi connectivity index (χ1n) is 8.20. The lowest BCUT2D eigenvalue weighted by Crippen LogP contribution is -2.28. The van der Waals surface area contributed by atoms with Crippen molar-refractivity contribution >= 4 is 15.9 Å². The van der Waals surface area contributed by atoms with Crippen molar-refractivity contribution in [3.8, 4) is 0 Å². The van der Waals surface area contributed by atoms with Gasteiger partial charge in [-0.1, -0.05) is 12.1 Å². The third-order valence-corrected chi connectivity index (χ3v) is 5.51. The molecule has 26 heavy (non-hydrogen) atoms. The van der Waals surface area contributed by atoms with Gasteiger partial charge >= 0.3 is 0 Å². The van der Waals surface area contributed by atoms with Crippen LogP contribution in [0.5, 0.6) is 0 Å². The predicted octanol–water partition coefficient (Wildman–Crippen LogP) is 2.38. The second kappa shape index (κ2) is 7.51. The molecule has 0 bridgehead atoms. The highest BCUT2D eigenvalue weighted by atomic mass is 32.2. The smallest absolute Gasteiger partial charge is 0.251 e. The third-order valence-electron chi connectivity index (χ3n) is 3.97. The molecule has 1 fully saturated rings. The van der Waals surface area contributed by atoms with Gasteiger partial charge in [-0.3, -0.25) is 4.79 Å². The Morgan fingerprint density at radius 1 is 1.12 bits per heavy atom. The summed E-state index contributed by atoms with van der Waals surface area (Å²) >= 11 is 0. The minimum Gasteiger partial charge on any atom is -0.352 e. The second-order valence-electron chi connectivity index (χ2n) is 6.18. The lowest BCUT2D eigenvalue weighted by Gasteiger charge is -2.10. The molecule has 0 heterocycles. The molecule has 0 spiro atoms. The average Bonchev–Trinajstić information content (AvgIpc) is 3.38. The largest absolute Gasteiger partial charge is 0.352 e. The highest BCUT2D eigenvalue weighted by Gasteiger charge is 2.30. The lowest BCUT2D eigenvalue weighted by atomic mass is 10.1. The summed E-state index contributed by atoms with van der Waals surface area (Å²) in [6.45, 7) is 0.238. The molecular formula is C18H18F2N2O3S. The summed E-state index contributed by atoms with van der Waals surface area (Å²) in [7, 11) is -4.00. The molecule has 0 radical (unpaired) electrons. The van der Waals surface area contributed by atoms with Crippen molar-refractivity contribution in [2.24, 2.45) is 0 Å². The van der Waals surface area contributed by atoms with Gasteiger partial charge in [0.1, 0.15) is 16.5 Å². The molecule has 2 N–H and O–H groups in total. The van der Waals surface area contributed by atoms with Crippen LogP contribution >= 0.6 is 0 Å². The Hall–Kier alpha value is -2.32. The second-order valence-corrected chi connectivity index (χ2v) is 7.86. The molecule has 5 nitrogen and oxygen atoms in total. The average molecular weight is 380 g/mol. The topological polar surface area (TPSA) is 75.3 Å². The molecule has 3 rings (SSSR count). The van der Waals surface area contributed by atoms with E-state index in [2.05, 4.69) is 10.0 Å². The van der Waals surface area contributed by atoms with Gasteiger partial charge in [-0.2, -0.15) is 0 Å². The molecule has 0 atom stereocenters. The van der Waals surface area contributed by atoms with Crippen LogP contribution in [0.1, 0.15) is 28.8 Å². The fraction of sp³-hybridized carbons (Fsp3) is 0.278. The van der Waals surface area contributed by atoms with Gasteiger partial charge in [0.05, 0.1) is 0 Å². The van der Waals surface area contributed by atoms with E-state index in [0.717, 1.165) is 30.5 Å². The van der Waals surface area contributed by atoms with E-state index in [1.54, 1.807) is 12.1 Å². The number of benzene rings is 2. The predicted molar refractivity (Wildman–Crippen MR) is 92.2 cm³/mol. The van der Waals surface area contributed by atoms with Crippen LogP contribution in [-0.2, 0) is 16.4 Å². The van der Waals surface area contributed by atoms with Gasteiger partial charge in [-0.25, -0.2) is 21.9 Å². The van der Waals surface area contributed by atoms with Crippen LogP contribution in [-0.4, -0.2) is 26.9 Å². The fourth-order valence-electron chi connectivity index (χ4n) is 2.45. The molecule has 0 aromatic heterocycles. The van der Waals surface area contributed by atoms with E-state index in [-0.39, 0.29) is 24.0 Å². The SMILES string of the molecule is O=C(NCCc1cccc(F)c1)c1ccc(F)c(S(=O)(=O)NC2CC2)c1. The summed E-state index contributed by atoms with van der Waals surface area (Å²) in [5.74, 6) is -1.79. The molecule has 1 aliphatic rings. The molecule has 0 saturated heterocycles. The minimum absolute atomic E-state index is 0.0433. The van der Waals surface area contributed by atoms with E-state index in [9.17, 15) is 22.0 Å². The molecule has 2 aromatic rings. The summed E-state index contributed by atoms with van der Waals surface area (Å²) < 4.78 is 53.8. The summed E-state index contributed by atoms with van der Waals surface area (Å²) in [6.07, 6.45) is 1.86. The number of carbonyl (C=O) groups is 1. The Bertz CT molecular complexity index is 928. The zero-order valence-electron chi connectivity index (χ0n) is 13.8. The van der Waals surface area contributed by atoms with Gasteiger partial charge in [0.2, 0.25) is 10.0 Å². The Labute approximate surface area is 150 Å². The fourth-order valence-corrected chi connectivity index (χ4v) is 3.86. The Balaban J connectivity index is 1.66. The minimum atomic E-state index is -4.00. The van der Waals surface area contributed by atoms with Crippen molar-refractivity contribution in [3.63, 3.8) is 0 Å². The Kier molecular flexibility index (Phi) is 5.33. The normalized spacial score (nSPS) is 14.2. The number of carbonyl (C=O) groups excluding carboxylic acids is 1. The Morgan fingerprint density at radius 3 is 2.58 bits per heavy atom. The third kappa shape index (κ3) is 4.64. The van der Waals surface area contributed by atoms with Gasteiger partial charge in [0, 0.05) is 18.2 Å². The van der Waals surface area contributed by atoms with Crippen LogP contribution in [0, 0.1) is 11.6 Å². The maximum Gasteiger partial charge on any atom is 0.251 e. The Morgan fingerprint density at radius 2 is 1.88 bits per heavy atom. The number of sulfonamides is 1. The monoisotopic (exact) mass is 380 g/mol. The number of hydrogen-bond donors (Lipinski definition) is 2. The number of halogens is 2. The standard InChI is InChI=1S/C18H18F2N2O3S/c19-14-3-1-2-12(10-14)8-9-21-18(23)13-4-7-16(20)17(11-13)26(24,25)22-15-5-6-15/h1-4,7,10-11,15,22H,5-6,8-9H2,(H,21,23). The first kappa shape index (κ1) is 18.5. The van der Waals surface area contributed by atoms with Crippen molar-refractivity contribution in [2.45, 2.75) is 30.2 Å². The molecule has 0 unspecified atom stereocenters. The maximum absolute atomic E-state index is 13.9. The first-order chi connectivity index (χ1) is 12.3. The molecule has 0 aliphatic heterocycles. The number of hydrogen-bond acceptors (Lipinski definition) is 3. The van der Waals surface area contributed by atoms with Crippen LogP contribution in [0.25, 0.3) is 0 Å². The maximum atomic E-state index is 13.9. The zero-order chi connectivity index (χ0) is 18.7. The van der Waals surface area contributed by atoms with E-state index in [1.165, 1.54) is 18.2 Å². The van der Waals surface area contributed by atoms with Gasteiger partial charge < -0.3 is 5.32 Å². The molecule has 1 saturated carbocycles. The van der Waals surface area contributed by atoms with Crippen molar-refractivity contribution in [1.82, 2.24) is 10.0 Å². The van der Waals surface area contributed by atoms with Crippen LogP contribution in [0.2, 0.25) is 0 Å². The van der Waals surface area contributed by atoms with Crippen molar-refractivity contribution in [3.05, 3.63) is 65.2 Å². The summed E-state index contributed by atoms with van der Waals surface area (Å²) in [5, 5.41) is 2.62. The van der Waals surface area contributed by atoms with Crippen LogP contribution in [0.4, 0.5) is 8.78 Å². The van der Waals surface area contributed by atoms with E-state index in [4.69, 9.17) is 0 Å². The number of rotatable bonds is 7. The molecule has 2 aromatic carbocycles.